The summed E-state index contributed by atoms with van der Waals surface area (Å²) in [6.45, 7) is 0. The topological polar surface area (TPSA) is 37.8 Å². The molecule has 1 aliphatic carbocycles. The number of nitrogens with one attached hydrogen (secondary N) is 1. The number of aromatic nitrogens is 2. The van der Waals surface area contributed by atoms with Crippen molar-refractivity contribution in [2.24, 2.45) is 0 Å². The highest BCUT2D eigenvalue weighted by atomic mass is 32.1. The van der Waals surface area contributed by atoms with Crippen molar-refractivity contribution in [1.82, 2.24) is 9.36 Å². The molecule has 3 nitrogen and oxygen atoms in total. The van der Waals surface area contributed by atoms with Crippen molar-refractivity contribution in [2.45, 2.75) is 37.5 Å². The third-order valence-corrected chi connectivity index (χ3v) is 4.83. The van der Waals surface area contributed by atoms with E-state index in [0.717, 1.165) is 23.8 Å². The Balaban J connectivity index is 2.06. The van der Waals surface area contributed by atoms with Crippen LogP contribution in [0.25, 0.3) is 0 Å². The molecule has 1 aromatic heterocycles. The first-order valence-corrected chi connectivity index (χ1v) is 7.70. The zero-order chi connectivity index (χ0) is 13.1. The van der Waals surface area contributed by atoms with E-state index in [9.17, 15) is 0 Å². The molecule has 100 valence electrons. The molecule has 0 radical (unpaired) electrons. The molecule has 0 saturated heterocycles. The highest BCUT2D eigenvalue weighted by Gasteiger charge is 2.39. The van der Waals surface area contributed by atoms with Crippen molar-refractivity contribution in [3.63, 3.8) is 0 Å². The van der Waals surface area contributed by atoms with Crippen molar-refractivity contribution < 1.29 is 0 Å². The lowest BCUT2D eigenvalue weighted by molar-refractivity contribution is 0.333. The monoisotopic (exact) mass is 273 g/mol. The summed E-state index contributed by atoms with van der Waals surface area (Å²) in [5, 5.41) is 4.01. The van der Waals surface area contributed by atoms with E-state index in [1.54, 1.807) is 0 Å². The Kier molecular flexibility index (Phi) is 3.51. The Morgan fingerprint density at radius 3 is 2.47 bits per heavy atom. The maximum Gasteiger partial charge on any atom is 0.202 e. The van der Waals surface area contributed by atoms with Crippen LogP contribution < -0.4 is 5.32 Å². The molecule has 0 amide bonds. The first-order chi connectivity index (χ1) is 9.35. The molecule has 0 aliphatic heterocycles. The minimum atomic E-state index is 0.0328. The summed E-state index contributed by atoms with van der Waals surface area (Å²) < 4.78 is 4.63. The van der Waals surface area contributed by atoms with Gasteiger partial charge in [0.1, 0.15) is 0 Å². The average molecular weight is 273 g/mol. The van der Waals surface area contributed by atoms with Crippen LogP contribution in [-0.2, 0) is 5.41 Å². The molecular weight excluding hydrogens is 254 g/mol. The van der Waals surface area contributed by atoms with Crippen LogP contribution in [0, 0.1) is 0 Å². The molecular formula is C15H19N3S. The molecule has 0 atom stereocenters. The molecule has 19 heavy (non-hydrogen) atoms. The van der Waals surface area contributed by atoms with E-state index in [4.69, 9.17) is 4.98 Å². The Hall–Kier alpha value is -1.42. The highest BCUT2D eigenvalue weighted by molar-refractivity contribution is 7.09. The SMILES string of the molecule is CNc1nc(C2(c3ccccc3)CCCCC2)ns1. The first-order valence-electron chi connectivity index (χ1n) is 6.93. The zero-order valence-electron chi connectivity index (χ0n) is 11.2. The fraction of sp³-hybridized carbons (Fsp3) is 0.467. The molecule has 1 saturated carbocycles. The van der Waals surface area contributed by atoms with Crippen molar-refractivity contribution in [1.29, 1.82) is 0 Å². The quantitative estimate of drug-likeness (QED) is 0.923. The average Bonchev–Trinajstić information content (AvgIpc) is 2.98. The van der Waals surface area contributed by atoms with E-state index in [1.165, 1.54) is 36.4 Å². The van der Waals surface area contributed by atoms with Crippen LogP contribution in [0.3, 0.4) is 0 Å². The van der Waals surface area contributed by atoms with Gasteiger partial charge in [0.05, 0.1) is 5.41 Å². The lowest BCUT2D eigenvalue weighted by Crippen LogP contribution is -2.31. The second-order valence-corrected chi connectivity index (χ2v) is 5.93. The summed E-state index contributed by atoms with van der Waals surface area (Å²) in [4.78, 5) is 4.70. The van der Waals surface area contributed by atoms with Crippen LogP contribution in [0.4, 0.5) is 5.13 Å². The van der Waals surface area contributed by atoms with Gasteiger partial charge in [-0.25, -0.2) is 4.98 Å². The van der Waals surface area contributed by atoms with Crippen LogP contribution in [0.15, 0.2) is 30.3 Å². The maximum atomic E-state index is 4.70. The highest BCUT2D eigenvalue weighted by Crippen LogP contribution is 2.44. The van der Waals surface area contributed by atoms with Gasteiger partial charge in [0, 0.05) is 18.6 Å². The summed E-state index contributed by atoms with van der Waals surface area (Å²) in [6.07, 6.45) is 6.19. The third-order valence-electron chi connectivity index (χ3n) is 4.10. The number of hydrogen-bond donors (Lipinski definition) is 1. The smallest absolute Gasteiger partial charge is 0.202 e. The predicted octanol–water partition coefficient (Wildman–Crippen LogP) is 3.83. The fourth-order valence-electron chi connectivity index (χ4n) is 3.07. The number of rotatable bonds is 3. The van der Waals surface area contributed by atoms with Gasteiger partial charge < -0.3 is 5.32 Å². The van der Waals surface area contributed by atoms with E-state index < -0.39 is 0 Å². The first kappa shape index (κ1) is 12.6. The minimum absolute atomic E-state index is 0.0328. The van der Waals surface area contributed by atoms with E-state index in [2.05, 4.69) is 40.0 Å². The maximum absolute atomic E-state index is 4.70. The molecule has 2 aromatic rings. The van der Waals surface area contributed by atoms with E-state index in [1.807, 2.05) is 7.05 Å². The third kappa shape index (κ3) is 2.25. The van der Waals surface area contributed by atoms with Gasteiger partial charge in [0.25, 0.3) is 0 Å². The summed E-state index contributed by atoms with van der Waals surface area (Å²) in [5.74, 6) is 1.01. The summed E-state index contributed by atoms with van der Waals surface area (Å²) in [5.41, 5.74) is 1.40. The second-order valence-electron chi connectivity index (χ2n) is 5.18. The molecule has 1 aliphatic rings. The van der Waals surface area contributed by atoms with Crippen molar-refractivity contribution in [3.8, 4) is 0 Å². The zero-order valence-corrected chi connectivity index (χ0v) is 12.0. The minimum Gasteiger partial charge on any atom is -0.363 e. The number of nitrogens with zero attached hydrogens (tertiary/aromatic N) is 2. The van der Waals surface area contributed by atoms with Gasteiger partial charge in [-0.3, -0.25) is 0 Å². The summed E-state index contributed by atoms with van der Waals surface area (Å²) in [6, 6.07) is 10.8. The molecule has 1 aromatic carbocycles. The Morgan fingerprint density at radius 2 is 1.84 bits per heavy atom. The van der Waals surface area contributed by atoms with E-state index in [0.29, 0.717) is 0 Å². The van der Waals surface area contributed by atoms with Crippen LogP contribution in [-0.4, -0.2) is 16.4 Å². The molecule has 1 N–H and O–H groups in total. The Morgan fingerprint density at radius 1 is 1.11 bits per heavy atom. The van der Waals surface area contributed by atoms with Gasteiger partial charge in [0.15, 0.2) is 5.82 Å². The molecule has 0 unspecified atom stereocenters. The summed E-state index contributed by atoms with van der Waals surface area (Å²) in [7, 11) is 1.90. The number of benzene rings is 1. The van der Waals surface area contributed by atoms with Gasteiger partial charge >= 0.3 is 0 Å². The molecule has 3 rings (SSSR count). The van der Waals surface area contributed by atoms with E-state index in [-0.39, 0.29) is 5.41 Å². The lowest BCUT2D eigenvalue weighted by Gasteiger charge is -2.35. The van der Waals surface area contributed by atoms with Gasteiger partial charge in [-0.1, -0.05) is 49.6 Å². The molecule has 1 heterocycles. The van der Waals surface area contributed by atoms with Gasteiger partial charge in [-0.15, -0.1) is 0 Å². The second kappa shape index (κ2) is 5.29. The number of anilines is 1. The Labute approximate surface area is 118 Å². The molecule has 0 spiro atoms. The van der Waals surface area contributed by atoms with Crippen LogP contribution >= 0.6 is 11.5 Å². The largest absolute Gasteiger partial charge is 0.363 e. The standard InChI is InChI=1S/C15H19N3S/c1-16-14-17-13(18-19-14)15(10-6-3-7-11-15)12-8-4-2-5-9-12/h2,4-5,8-9H,3,6-7,10-11H2,1H3,(H,16,17,18). The van der Waals surface area contributed by atoms with Gasteiger partial charge in [-0.05, 0) is 18.4 Å². The Bertz CT molecular complexity index is 529. The van der Waals surface area contributed by atoms with Crippen molar-refractivity contribution in [3.05, 3.63) is 41.7 Å². The van der Waals surface area contributed by atoms with Gasteiger partial charge in [-0.2, -0.15) is 4.37 Å². The van der Waals surface area contributed by atoms with Crippen LogP contribution in [0.1, 0.15) is 43.5 Å². The number of hydrogen-bond acceptors (Lipinski definition) is 4. The van der Waals surface area contributed by atoms with Crippen molar-refractivity contribution in [2.75, 3.05) is 12.4 Å². The molecule has 1 fully saturated rings. The fourth-order valence-corrected chi connectivity index (χ4v) is 3.68. The summed E-state index contributed by atoms with van der Waals surface area (Å²) >= 11 is 1.46. The van der Waals surface area contributed by atoms with Crippen LogP contribution in [0.2, 0.25) is 0 Å². The lowest BCUT2D eigenvalue weighted by atomic mass is 9.69. The van der Waals surface area contributed by atoms with Gasteiger partial charge in [0.2, 0.25) is 5.13 Å². The molecule has 0 bridgehead atoms. The van der Waals surface area contributed by atoms with Crippen LogP contribution in [0.5, 0.6) is 0 Å². The van der Waals surface area contributed by atoms with E-state index >= 15 is 0 Å². The normalized spacial score (nSPS) is 18.2. The molecule has 4 heteroatoms. The predicted molar refractivity (Wildman–Crippen MR) is 79.8 cm³/mol. The van der Waals surface area contributed by atoms with Crippen molar-refractivity contribution >= 4 is 16.7 Å².